The monoisotopic (exact) mass is 270 g/mol. The summed E-state index contributed by atoms with van der Waals surface area (Å²) in [7, 11) is 0. The highest BCUT2D eigenvalue weighted by Crippen LogP contribution is 1.98. The van der Waals surface area contributed by atoms with Crippen molar-refractivity contribution in [2.24, 2.45) is 0 Å². The van der Waals surface area contributed by atoms with Gasteiger partial charge in [0, 0.05) is 13.3 Å². The number of rotatable bonds is 10. The Morgan fingerprint density at radius 1 is 1.26 bits per heavy atom. The molecule has 0 spiro atoms. The smallest absolute Gasteiger partial charge is 0.306 e. The van der Waals surface area contributed by atoms with E-state index >= 15 is 0 Å². The fourth-order valence-electron chi connectivity index (χ4n) is 1.18. The van der Waals surface area contributed by atoms with Gasteiger partial charge in [-0.05, 0) is 13.3 Å². The van der Waals surface area contributed by atoms with Crippen molar-refractivity contribution in [2.75, 3.05) is 19.8 Å². The molecule has 0 N–H and O–H groups in total. The van der Waals surface area contributed by atoms with E-state index in [-0.39, 0.29) is 24.6 Å². The Kier molecular flexibility index (Phi) is 10.5. The molecule has 0 aliphatic rings. The second kappa shape index (κ2) is 11.5. The molecule has 5 nitrogen and oxygen atoms in total. The van der Waals surface area contributed by atoms with Crippen molar-refractivity contribution in [1.82, 2.24) is 0 Å². The maximum Gasteiger partial charge on any atom is 0.306 e. The minimum atomic E-state index is -0.347. The molecular formula is C14H22O5. The van der Waals surface area contributed by atoms with Crippen LogP contribution in [0.15, 0.2) is 24.8 Å². The number of carbonyl (C=O) groups excluding carboxylic acids is 2. The molecule has 0 aliphatic heterocycles. The standard InChI is InChI=1S/C14H22O5/c1-4-13(11-19-12(3)15)18-10-8-6-7-9-14(16)17-5-2/h4,6,8,13H,1,5,7,9-11H2,2-3H3/b8-6+/t13-/m1/s1. The minimum Gasteiger partial charge on any atom is -0.466 e. The van der Waals surface area contributed by atoms with Crippen LogP contribution < -0.4 is 0 Å². The van der Waals surface area contributed by atoms with Gasteiger partial charge in [-0.3, -0.25) is 9.59 Å². The molecule has 0 aromatic carbocycles. The molecule has 0 aromatic heterocycles. The van der Waals surface area contributed by atoms with Crippen LogP contribution in [0.4, 0.5) is 0 Å². The molecule has 0 unspecified atom stereocenters. The van der Waals surface area contributed by atoms with Crippen molar-refractivity contribution in [3.63, 3.8) is 0 Å². The molecule has 5 heteroatoms. The number of carbonyl (C=O) groups is 2. The molecule has 0 radical (unpaired) electrons. The van der Waals surface area contributed by atoms with E-state index < -0.39 is 0 Å². The zero-order chi connectivity index (χ0) is 14.5. The number of hydrogen-bond acceptors (Lipinski definition) is 5. The maximum atomic E-state index is 11.0. The summed E-state index contributed by atoms with van der Waals surface area (Å²) in [5, 5.41) is 0. The van der Waals surface area contributed by atoms with E-state index in [0.29, 0.717) is 26.1 Å². The minimum absolute atomic E-state index is 0.162. The Bertz CT molecular complexity index is 309. The van der Waals surface area contributed by atoms with Crippen molar-refractivity contribution in [3.05, 3.63) is 24.8 Å². The van der Waals surface area contributed by atoms with E-state index in [1.807, 2.05) is 12.2 Å². The maximum absolute atomic E-state index is 11.0. The highest BCUT2D eigenvalue weighted by Gasteiger charge is 2.05. The molecule has 0 aromatic rings. The van der Waals surface area contributed by atoms with Crippen LogP contribution in [0.5, 0.6) is 0 Å². The molecule has 0 heterocycles. The van der Waals surface area contributed by atoms with E-state index in [9.17, 15) is 9.59 Å². The Hall–Kier alpha value is -1.62. The van der Waals surface area contributed by atoms with Crippen molar-refractivity contribution in [2.45, 2.75) is 32.8 Å². The summed E-state index contributed by atoms with van der Waals surface area (Å²) in [6.07, 6.45) is 5.90. The molecule has 19 heavy (non-hydrogen) atoms. The quantitative estimate of drug-likeness (QED) is 0.449. The van der Waals surface area contributed by atoms with Gasteiger partial charge in [-0.1, -0.05) is 18.2 Å². The van der Waals surface area contributed by atoms with Crippen LogP contribution in [0.1, 0.15) is 26.7 Å². The SMILES string of the molecule is C=C[C@H](COC(C)=O)OC/C=C/CCC(=O)OCC. The molecule has 0 saturated heterocycles. The molecule has 0 amide bonds. The Morgan fingerprint density at radius 3 is 2.58 bits per heavy atom. The first-order valence-corrected chi connectivity index (χ1v) is 6.28. The van der Waals surface area contributed by atoms with Crippen LogP contribution >= 0.6 is 0 Å². The topological polar surface area (TPSA) is 61.8 Å². The first kappa shape index (κ1) is 17.4. The zero-order valence-electron chi connectivity index (χ0n) is 11.6. The molecule has 108 valence electrons. The summed E-state index contributed by atoms with van der Waals surface area (Å²) in [5.41, 5.74) is 0. The molecule has 0 fully saturated rings. The summed E-state index contributed by atoms with van der Waals surface area (Å²) in [4.78, 5) is 21.7. The number of hydrogen-bond donors (Lipinski definition) is 0. The first-order valence-electron chi connectivity index (χ1n) is 6.28. The van der Waals surface area contributed by atoms with Crippen LogP contribution in [0.25, 0.3) is 0 Å². The molecule has 0 bridgehead atoms. The van der Waals surface area contributed by atoms with Crippen molar-refractivity contribution >= 4 is 11.9 Å². The lowest BCUT2D eigenvalue weighted by molar-refractivity contribution is -0.144. The Labute approximate surface area is 114 Å². The Morgan fingerprint density at radius 2 is 2.00 bits per heavy atom. The Balaban J connectivity index is 3.66. The van der Waals surface area contributed by atoms with E-state index in [4.69, 9.17) is 14.2 Å². The van der Waals surface area contributed by atoms with E-state index in [0.717, 1.165) is 0 Å². The summed E-state index contributed by atoms with van der Waals surface area (Å²) in [6, 6.07) is 0. The van der Waals surface area contributed by atoms with Crippen LogP contribution in [0.2, 0.25) is 0 Å². The number of allylic oxidation sites excluding steroid dienone is 1. The van der Waals surface area contributed by atoms with Crippen LogP contribution in [0, 0.1) is 0 Å². The predicted molar refractivity (Wildman–Crippen MR) is 71.6 cm³/mol. The third kappa shape index (κ3) is 11.2. The second-order valence-corrected chi connectivity index (χ2v) is 3.73. The van der Waals surface area contributed by atoms with Crippen LogP contribution in [-0.4, -0.2) is 37.9 Å². The van der Waals surface area contributed by atoms with Gasteiger partial charge in [0.05, 0.1) is 13.2 Å². The highest BCUT2D eigenvalue weighted by atomic mass is 16.6. The largest absolute Gasteiger partial charge is 0.466 e. The van der Waals surface area contributed by atoms with E-state index in [2.05, 4.69) is 6.58 Å². The van der Waals surface area contributed by atoms with Gasteiger partial charge in [0.1, 0.15) is 12.7 Å². The van der Waals surface area contributed by atoms with Crippen molar-refractivity contribution < 1.29 is 23.8 Å². The van der Waals surface area contributed by atoms with Gasteiger partial charge in [-0.2, -0.15) is 0 Å². The second-order valence-electron chi connectivity index (χ2n) is 3.73. The first-order chi connectivity index (χ1) is 9.10. The zero-order valence-corrected chi connectivity index (χ0v) is 11.6. The van der Waals surface area contributed by atoms with Crippen molar-refractivity contribution in [1.29, 1.82) is 0 Å². The summed E-state index contributed by atoms with van der Waals surface area (Å²) in [5.74, 6) is -0.549. The lowest BCUT2D eigenvalue weighted by atomic mass is 10.3. The summed E-state index contributed by atoms with van der Waals surface area (Å²) >= 11 is 0. The molecule has 1 atom stereocenters. The van der Waals surface area contributed by atoms with Gasteiger partial charge in [-0.25, -0.2) is 0 Å². The van der Waals surface area contributed by atoms with Gasteiger partial charge in [0.25, 0.3) is 0 Å². The lowest BCUT2D eigenvalue weighted by Gasteiger charge is -2.11. The lowest BCUT2D eigenvalue weighted by Crippen LogP contribution is -2.19. The fourth-order valence-corrected chi connectivity index (χ4v) is 1.18. The van der Waals surface area contributed by atoms with Crippen LogP contribution in [0.3, 0.4) is 0 Å². The van der Waals surface area contributed by atoms with E-state index in [1.54, 1.807) is 13.0 Å². The summed E-state index contributed by atoms with van der Waals surface area (Å²) < 4.78 is 15.0. The third-order valence-electron chi connectivity index (χ3n) is 2.11. The molecule has 0 rings (SSSR count). The third-order valence-corrected chi connectivity index (χ3v) is 2.11. The van der Waals surface area contributed by atoms with Crippen LogP contribution in [-0.2, 0) is 23.8 Å². The normalized spacial score (nSPS) is 12.1. The fraction of sp³-hybridized carbons (Fsp3) is 0.571. The van der Waals surface area contributed by atoms with Gasteiger partial charge in [0.2, 0.25) is 0 Å². The van der Waals surface area contributed by atoms with Gasteiger partial charge >= 0.3 is 11.9 Å². The number of ether oxygens (including phenoxy) is 3. The van der Waals surface area contributed by atoms with Gasteiger partial charge in [-0.15, -0.1) is 6.58 Å². The predicted octanol–water partition coefficient (Wildman–Crippen LogP) is 2.02. The average molecular weight is 270 g/mol. The highest BCUT2D eigenvalue weighted by molar-refractivity contribution is 5.69. The average Bonchev–Trinajstić information content (AvgIpc) is 2.37. The number of esters is 2. The van der Waals surface area contributed by atoms with Crippen molar-refractivity contribution in [3.8, 4) is 0 Å². The molecular weight excluding hydrogens is 248 g/mol. The molecule has 0 saturated carbocycles. The molecule has 0 aliphatic carbocycles. The van der Waals surface area contributed by atoms with E-state index in [1.165, 1.54) is 6.92 Å². The van der Waals surface area contributed by atoms with Gasteiger partial charge < -0.3 is 14.2 Å². The van der Waals surface area contributed by atoms with Gasteiger partial charge in [0.15, 0.2) is 0 Å². The summed E-state index contributed by atoms with van der Waals surface area (Å²) in [6.45, 7) is 7.66.